The number of anilines is 1. The molecule has 0 amide bonds. The molecule has 0 radical (unpaired) electrons. The molecule has 0 aliphatic carbocycles. The van der Waals surface area contributed by atoms with Crippen LogP contribution < -0.4 is 10.3 Å². The van der Waals surface area contributed by atoms with E-state index in [0.29, 0.717) is 41.7 Å². The molecule has 156 valence electrons. The molecule has 4 rings (SSSR count). The second-order valence-electron chi connectivity index (χ2n) is 7.53. The average Bonchev–Trinajstić information content (AvgIpc) is 3.19. The number of aromatic carboxylic acids is 1. The molecular weight excluding hydrogens is 404 g/mol. The van der Waals surface area contributed by atoms with E-state index < -0.39 is 11.4 Å². The van der Waals surface area contributed by atoms with Crippen molar-refractivity contribution in [3.05, 3.63) is 45.2 Å². The Labute approximate surface area is 176 Å². The van der Waals surface area contributed by atoms with Crippen LogP contribution in [-0.4, -0.2) is 44.5 Å². The van der Waals surface area contributed by atoms with Crippen molar-refractivity contribution in [1.82, 2.24) is 14.5 Å². The van der Waals surface area contributed by atoms with Crippen LogP contribution in [0.4, 0.5) is 5.82 Å². The fraction of sp³-hybridized carbons (Fsp3) is 0.381. The molecule has 0 aromatic carbocycles. The molecule has 1 N–H and O–H groups in total. The molecule has 1 saturated heterocycles. The summed E-state index contributed by atoms with van der Waals surface area (Å²) in [7, 11) is 0. The Morgan fingerprint density at radius 3 is 2.73 bits per heavy atom. The summed E-state index contributed by atoms with van der Waals surface area (Å²) in [6.07, 6.45) is 5.42. The first-order chi connectivity index (χ1) is 14.4. The highest BCUT2D eigenvalue weighted by atomic mass is 32.1. The number of aromatic nitrogens is 3. The maximum absolute atomic E-state index is 12.8. The third kappa shape index (κ3) is 3.49. The van der Waals surface area contributed by atoms with Gasteiger partial charge in [-0.05, 0) is 25.0 Å². The highest BCUT2D eigenvalue weighted by Gasteiger charge is 2.33. The van der Waals surface area contributed by atoms with Gasteiger partial charge in [-0.25, -0.2) is 14.8 Å². The van der Waals surface area contributed by atoms with Gasteiger partial charge in [0.05, 0.1) is 11.3 Å². The smallest absolute Gasteiger partial charge is 0.341 e. The van der Waals surface area contributed by atoms with Gasteiger partial charge in [0.25, 0.3) is 0 Å². The quantitative estimate of drug-likeness (QED) is 0.619. The van der Waals surface area contributed by atoms with Gasteiger partial charge in [-0.2, -0.15) is 0 Å². The lowest BCUT2D eigenvalue weighted by atomic mass is 9.92. The SMILES string of the molecule is CCCCC(=O)C1CN(c2cc(C)c3c(=O)c(C(=O)O)cn(-c4nccs4)c3n2)C1. The maximum atomic E-state index is 12.8. The van der Waals surface area contributed by atoms with Crippen molar-refractivity contribution in [3.8, 4) is 5.13 Å². The molecule has 3 aromatic rings. The van der Waals surface area contributed by atoms with Gasteiger partial charge in [0.2, 0.25) is 5.43 Å². The highest BCUT2D eigenvalue weighted by molar-refractivity contribution is 7.12. The number of ketones is 1. The van der Waals surface area contributed by atoms with E-state index in [0.717, 1.165) is 12.8 Å². The van der Waals surface area contributed by atoms with Crippen molar-refractivity contribution in [2.75, 3.05) is 18.0 Å². The fourth-order valence-corrected chi connectivity index (χ4v) is 4.31. The number of rotatable bonds is 7. The number of carbonyl (C=O) groups is 2. The highest BCUT2D eigenvalue weighted by Crippen LogP contribution is 2.29. The summed E-state index contributed by atoms with van der Waals surface area (Å²) in [5.74, 6) is -0.305. The first-order valence-corrected chi connectivity index (χ1v) is 10.8. The molecule has 1 aliphatic rings. The van der Waals surface area contributed by atoms with Crippen LogP contribution in [0.1, 0.15) is 42.1 Å². The van der Waals surface area contributed by atoms with Crippen LogP contribution in [0, 0.1) is 12.8 Å². The third-order valence-corrected chi connectivity index (χ3v) is 6.21. The van der Waals surface area contributed by atoms with Crippen molar-refractivity contribution >= 4 is 39.9 Å². The number of aryl methyl sites for hydroxylation is 1. The van der Waals surface area contributed by atoms with Crippen molar-refractivity contribution in [2.45, 2.75) is 33.1 Å². The zero-order valence-electron chi connectivity index (χ0n) is 16.8. The summed E-state index contributed by atoms with van der Waals surface area (Å²) < 4.78 is 1.56. The summed E-state index contributed by atoms with van der Waals surface area (Å²) in [6, 6.07) is 1.79. The molecule has 0 spiro atoms. The Kier molecular flexibility index (Phi) is 5.38. The lowest BCUT2D eigenvalue weighted by Crippen LogP contribution is -2.50. The van der Waals surface area contributed by atoms with Crippen LogP contribution in [0.3, 0.4) is 0 Å². The Hall–Kier alpha value is -3.07. The van der Waals surface area contributed by atoms with E-state index in [9.17, 15) is 19.5 Å². The Morgan fingerprint density at radius 1 is 1.33 bits per heavy atom. The molecule has 1 aliphatic heterocycles. The molecule has 0 bridgehead atoms. The first kappa shape index (κ1) is 20.2. The van der Waals surface area contributed by atoms with Gasteiger partial charge in [-0.1, -0.05) is 13.3 Å². The molecule has 0 saturated carbocycles. The van der Waals surface area contributed by atoms with Crippen LogP contribution in [0.15, 0.2) is 28.6 Å². The van der Waals surface area contributed by atoms with E-state index in [1.807, 2.05) is 4.90 Å². The second kappa shape index (κ2) is 7.98. The van der Waals surface area contributed by atoms with Crippen LogP contribution in [0.5, 0.6) is 0 Å². The van der Waals surface area contributed by atoms with Gasteiger partial charge in [-0.15, -0.1) is 11.3 Å². The number of hydrogen-bond donors (Lipinski definition) is 1. The van der Waals surface area contributed by atoms with E-state index in [1.54, 1.807) is 29.1 Å². The molecule has 3 aromatic heterocycles. The summed E-state index contributed by atoms with van der Waals surface area (Å²) in [4.78, 5) is 47.6. The van der Waals surface area contributed by atoms with Crippen molar-refractivity contribution < 1.29 is 14.7 Å². The Morgan fingerprint density at radius 2 is 2.10 bits per heavy atom. The summed E-state index contributed by atoms with van der Waals surface area (Å²) in [6.45, 7) is 5.06. The molecular formula is C21H22N4O4S. The van der Waals surface area contributed by atoms with Crippen molar-refractivity contribution in [2.24, 2.45) is 5.92 Å². The number of pyridine rings is 2. The predicted molar refractivity (Wildman–Crippen MR) is 115 cm³/mol. The van der Waals surface area contributed by atoms with Gasteiger partial charge in [0.15, 0.2) is 10.8 Å². The van der Waals surface area contributed by atoms with Gasteiger partial charge < -0.3 is 10.0 Å². The fourth-order valence-electron chi connectivity index (χ4n) is 3.70. The largest absolute Gasteiger partial charge is 0.477 e. The first-order valence-electron chi connectivity index (χ1n) is 9.88. The Balaban J connectivity index is 1.76. The molecule has 0 atom stereocenters. The number of carbonyl (C=O) groups excluding carboxylic acids is 1. The van der Waals surface area contributed by atoms with Crippen LogP contribution in [-0.2, 0) is 4.79 Å². The monoisotopic (exact) mass is 426 g/mol. The number of fused-ring (bicyclic) bond motifs is 1. The molecule has 1 fully saturated rings. The number of Topliss-reactive ketones (excluding diaryl/α,β-unsaturated/α-hetero) is 1. The minimum absolute atomic E-state index is 0.0184. The second-order valence-corrected chi connectivity index (χ2v) is 8.40. The molecule has 30 heavy (non-hydrogen) atoms. The summed E-state index contributed by atoms with van der Waals surface area (Å²) >= 11 is 1.33. The lowest BCUT2D eigenvalue weighted by molar-refractivity contribution is -0.123. The maximum Gasteiger partial charge on any atom is 0.341 e. The zero-order valence-corrected chi connectivity index (χ0v) is 17.6. The topological polar surface area (TPSA) is 105 Å². The van der Waals surface area contributed by atoms with Gasteiger partial charge in [0.1, 0.15) is 17.2 Å². The van der Waals surface area contributed by atoms with E-state index in [-0.39, 0.29) is 22.7 Å². The Bertz CT molecular complexity index is 1180. The number of hydrogen-bond acceptors (Lipinski definition) is 7. The minimum atomic E-state index is -1.29. The molecule has 4 heterocycles. The zero-order chi connectivity index (χ0) is 21.4. The van der Waals surface area contributed by atoms with Gasteiger partial charge in [-0.3, -0.25) is 14.2 Å². The number of carboxylic acid groups (broad SMARTS) is 1. The molecule has 8 nitrogen and oxygen atoms in total. The van der Waals surface area contributed by atoms with E-state index in [4.69, 9.17) is 0 Å². The van der Waals surface area contributed by atoms with Crippen molar-refractivity contribution in [3.63, 3.8) is 0 Å². The normalized spacial score (nSPS) is 14.1. The van der Waals surface area contributed by atoms with Crippen LogP contribution in [0.2, 0.25) is 0 Å². The summed E-state index contributed by atoms with van der Waals surface area (Å²) in [5, 5.41) is 12.1. The van der Waals surface area contributed by atoms with E-state index >= 15 is 0 Å². The third-order valence-electron chi connectivity index (χ3n) is 5.44. The number of thiazole rings is 1. The van der Waals surface area contributed by atoms with Gasteiger partial charge >= 0.3 is 5.97 Å². The van der Waals surface area contributed by atoms with E-state index in [2.05, 4.69) is 16.9 Å². The summed E-state index contributed by atoms with van der Waals surface area (Å²) in [5.41, 5.74) is 0.142. The average molecular weight is 426 g/mol. The predicted octanol–water partition coefficient (Wildman–Crippen LogP) is 3.04. The molecule has 9 heteroatoms. The van der Waals surface area contributed by atoms with E-state index in [1.165, 1.54) is 17.5 Å². The van der Waals surface area contributed by atoms with Crippen LogP contribution in [0.25, 0.3) is 16.2 Å². The molecule has 0 unspecified atom stereocenters. The number of unbranched alkanes of at least 4 members (excludes halogenated alkanes) is 1. The minimum Gasteiger partial charge on any atom is -0.477 e. The van der Waals surface area contributed by atoms with Crippen LogP contribution >= 0.6 is 11.3 Å². The lowest BCUT2D eigenvalue weighted by Gasteiger charge is -2.39. The number of carboxylic acids is 1. The van der Waals surface area contributed by atoms with Crippen molar-refractivity contribution in [1.29, 1.82) is 0 Å². The standard InChI is InChI=1S/C21H22N4O4S/c1-3-4-5-15(26)13-9-24(10-13)16-8-12(2)17-18(27)14(20(28)29)11-25(19(17)23-16)21-22-6-7-30-21/h6-8,11,13H,3-5,9-10H2,1-2H3,(H,28,29). The number of nitrogens with zero attached hydrogens (tertiary/aromatic N) is 4. The van der Waals surface area contributed by atoms with Gasteiger partial charge in [0, 0.05) is 37.3 Å².